The predicted molar refractivity (Wildman–Crippen MR) is 80.9 cm³/mol. The molecule has 0 aliphatic carbocycles. The maximum Gasteiger partial charge on any atom is 0.292 e. The molecule has 0 aliphatic rings. The molecule has 0 saturated heterocycles. The van der Waals surface area contributed by atoms with Crippen LogP contribution in [-0.2, 0) is 0 Å². The van der Waals surface area contributed by atoms with Gasteiger partial charge in [-0.2, -0.15) is 0 Å². The van der Waals surface area contributed by atoms with Gasteiger partial charge in [0.2, 0.25) is 0 Å². The standard InChI is InChI=1S/C13H21N5O2/c1-10(2)9-17-13(14)16-8-7-15-11-5-3-4-6-12(11)18(19)20/h3-6,10,15H,7-9H2,1-2H3,(H3,14,16,17). The molecule has 0 atom stereocenters. The number of hydrogen-bond donors (Lipinski definition) is 3. The minimum Gasteiger partial charge on any atom is -0.378 e. The number of nitrogens with one attached hydrogen (secondary N) is 2. The Hall–Kier alpha value is -2.31. The number of hydrogen-bond acceptors (Lipinski definition) is 4. The van der Waals surface area contributed by atoms with Crippen molar-refractivity contribution in [2.75, 3.05) is 25.0 Å². The Balaban J connectivity index is 2.38. The third-order valence-corrected chi connectivity index (χ3v) is 2.47. The van der Waals surface area contributed by atoms with Crippen LogP contribution in [0.2, 0.25) is 0 Å². The fourth-order valence-corrected chi connectivity index (χ4v) is 1.51. The molecule has 110 valence electrons. The molecule has 1 aromatic carbocycles. The van der Waals surface area contributed by atoms with Crippen LogP contribution in [0.4, 0.5) is 11.4 Å². The Kier molecular flexibility index (Phi) is 6.28. The second-order valence-electron chi connectivity index (χ2n) is 4.75. The molecule has 0 unspecified atom stereocenters. The van der Waals surface area contributed by atoms with Gasteiger partial charge < -0.3 is 16.4 Å². The van der Waals surface area contributed by atoms with E-state index in [9.17, 15) is 10.1 Å². The summed E-state index contributed by atoms with van der Waals surface area (Å²) in [6, 6.07) is 6.53. The molecule has 0 bridgehead atoms. The molecule has 0 saturated carbocycles. The average Bonchev–Trinajstić information content (AvgIpc) is 2.41. The number of nitro groups is 1. The quantitative estimate of drug-likeness (QED) is 0.231. The highest BCUT2D eigenvalue weighted by atomic mass is 16.6. The van der Waals surface area contributed by atoms with Crippen LogP contribution < -0.4 is 16.4 Å². The van der Waals surface area contributed by atoms with Crippen molar-refractivity contribution >= 4 is 17.3 Å². The number of rotatable bonds is 7. The second-order valence-corrected chi connectivity index (χ2v) is 4.75. The molecule has 20 heavy (non-hydrogen) atoms. The SMILES string of the molecule is CC(C)CN=C(N)NCCNc1ccccc1[N+](=O)[O-]. The van der Waals surface area contributed by atoms with Gasteiger partial charge in [-0.3, -0.25) is 15.1 Å². The summed E-state index contributed by atoms with van der Waals surface area (Å²) in [7, 11) is 0. The topological polar surface area (TPSA) is 106 Å². The molecule has 0 aromatic heterocycles. The van der Waals surface area contributed by atoms with Crippen LogP contribution in [0.15, 0.2) is 29.3 Å². The molecule has 4 N–H and O–H groups in total. The Morgan fingerprint density at radius 2 is 2.10 bits per heavy atom. The summed E-state index contributed by atoms with van der Waals surface area (Å²) in [5.74, 6) is 0.850. The molecule has 7 nitrogen and oxygen atoms in total. The summed E-state index contributed by atoms with van der Waals surface area (Å²) in [5.41, 5.74) is 6.24. The number of nitrogens with zero attached hydrogens (tertiary/aromatic N) is 2. The zero-order valence-electron chi connectivity index (χ0n) is 11.8. The average molecular weight is 279 g/mol. The first kappa shape index (κ1) is 15.7. The number of para-hydroxylation sites is 2. The minimum absolute atomic E-state index is 0.0638. The highest BCUT2D eigenvalue weighted by molar-refractivity contribution is 5.77. The number of anilines is 1. The molecule has 0 fully saturated rings. The van der Waals surface area contributed by atoms with Crippen LogP contribution in [0, 0.1) is 16.0 Å². The van der Waals surface area contributed by atoms with Gasteiger partial charge in [0.15, 0.2) is 5.96 Å². The number of guanidine groups is 1. The van der Waals surface area contributed by atoms with Gasteiger partial charge in [-0.15, -0.1) is 0 Å². The molecular weight excluding hydrogens is 258 g/mol. The monoisotopic (exact) mass is 279 g/mol. The van der Waals surface area contributed by atoms with Crippen LogP contribution in [0.25, 0.3) is 0 Å². The zero-order valence-corrected chi connectivity index (χ0v) is 11.8. The molecule has 0 heterocycles. The van der Waals surface area contributed by atoms with Crippen molar-refractivity contribution in [3.8, 4) is 0 Å². The van der Waals surface area contributed by atoms with Crippen molar-refractivity contribution < 1.29 is 4.92 Å². The van der Waals surface area contributed by atoms with Crippen molar-refractivity contribution in [1.29, 1.82) is 0 Å². The first-order valence-corrected chi connectivity index (χ1v) is 6.51. The van der Waals surface area contributed by atoms with E-state index in [4.69, 9.17) is 5.73 Å². The van der Waals surface area contributed by atoms with Crippen molar-refractivity contribution in [1.82, 2.24) is 5.32 Å². The lowest BCUT2D eigenvalue weighted by Gasteiger charge is -2.09. The molecule has 0 aliphatic heterocycles. The Bertz CT molecular complexity index is 474. The molecule has 1 aromatic rings. The summed E-state index contributed by atoms with van der Waals surface area (Å²) in [6.45, 7) is 5.86. The van der Waals surface area contributed by atoms with Crippen LogP contribution in [0.1, 0.15) is 13.8 Å². The lowest BCUT2D eigenvalue weighted by Crippen LogP contribution is -2.35. The Morgan fingerprint density at radius 3 is 2.75 bits per heavy atom. The zero-order chi connectivity index (χ0) is 15.0. The van der Waals surface area contributed by atoms with Gasteiger partial charge in [-0.05, 0) is 12.0 Å². The van der Waals surface area contributed by atoms with E-state index in [0.29, 0.717) is 37.2 Å². The van der Waals surface area contributed by atoms with Crippen molar-refractivity contribution in [3.63, 3.8) is 0 Å². The Morgan fingerprint density at radius 1 is 1.40 bits per heavy atom. The first-order chi connectivity index (χ1) is 9.50. The smallest absolute Gasteiger partial charge is 0.292 e. The predicted octanol–water partition coefficient (Wildman–Crippen LogP) is 1.57. The summed E-state index contributed by atoms with van der Waals surface area (Å²) < 4.78 is 0. The molecular formula is C13H21N5O2. The van der Waals surface area contributed by atoms with Crippen molar-refractivity contribution in [2.45, 2.75) is 13.8 Å². The van der Waals surface area contributed by atoms with Crippen LogP contribution in [0.5, 0.6) is 0 Å². The fourth-order valence-electron chi connectivity index (χ4n) is 1.51. The largest absolute Gasteiger partial charge is 0.378 e. The van der Waals surface area contributed by atoms with Crippen LogP contribution in [0.3, 0.4) is 0 Å². The van der Waals surface area contributed by atoms with E-state index in [0.717, 1.165) is 0 Å². The van der Waals surface area contributed by atoms with Crippen molar-refractivity contribution in [3.05, 3.63) is 34.4 Å². The Labute approximate surface area is 118 Å². The minimum atomic E-state index is -0.409. The summed E-state index contributed by atoms with van der Waals surface area (Å²) >= 11 is 0. The van der Waals surface area contributed by atoms with E-state index in [2.05, 4.69) is 29.5 Å². The first-order valence-electron chi connectivity index (χ1n) is 6.51. The maximum atomic E-state index is 10.8. The number of nitro benzene ring substituents is 1. The lowest BCUT2D eigenvalue weighted by molar-refractivity contribution is -0.384. The van der Waals surface area contributed by atoms with Gasteiger partial charge in [0, 0.05) is 25.7 Å². The number of aliphatic imine (C=N–C) groups is 1. The highest BCUT2D eigenvalue weighted by Crippen LogP contribution is 2.22. The highest BCUT2D eigenvalue weighted by Gasteiger charge is 2.10. The van der Waals surface area contributed by atoms with Crippen LogP contribution >= 0.6 is 0 Å². The number of benzene rings is 1. The second kappa shape index (κ2) is 7.98. The lowest BCUT2D eigenvalue weighted by atomic mass is 10.2. The van der Waals surface area contributed by atoms with E-state index < -0.39 is 4.92 Å². The third-order valence-electron chi connectivity index (χ3n) is 2.47. The van der Waals surface area contributed by atoms with Gasteiger partial charge >= 0.3 is 0 Å². The third kappa shape index (κ3) is 5.55. The van der Waals surface area contributed by atoms with Gasteiger partial charge in [-0.25, -0.2) is 0 Å². The van der Waals surface area contributed by atoms with E-state index in [-0.39, 0.29) is 5.69 Å². The summed E-state index contributed by atoms with van der Waals surface area (Å²) in [5, 5.41) is 16.8. The molecule has 0 spiro atoms. The fraction of sp³-hybridized carbons (Fsp3) is 0.462. The van der Waals surface area contributed by atoms with E-state index in [1.165, 1.54) is 6.07 Å². The summed E-state index contributed by atoms with van der Waals surface area (Å²) in [6.07, 6.45) is 0. The van der Waals surface area contributed by atoms with Gasteiger partial charge in [-0.1, -0.05) is 26.0 Å². The van der Waals surface area contributed by atoms with Gasteiger partial charge in [0.1, 0.15) is 5.69 Å². The molecule has 1 rings (SSSR count). The molecule has 0 amide bonds. The summed E-state index contributed by atoms with van der Waals surface area (Å²) in [4.78, 5) is 14.6. The van der Waals surface area contributed by atoms with Crippen LogP contribution in [-0.4, -0.2) is 30.5 Å². The van der Waals surface area contributed by atoms with Crippen molar-refractivity contribution in [2.24, 2.45) is 16.6 Å². The normalized spacial score (nSPS) is 11.4. The van der Waals surface area contributed by atoms with E-state index in [1.807, 2.05) is 0 Å². The van der Waals surface area contributed by atoms with E-state index >= 15 is 0 Å². The number of nitrogens with two attached hydrogens (primary N) is 1. The van der Waals surface area contributed by atoms with E-state index in [1.54, 1.807) is 18.2 Å². The molecule has 0 radical (unpaired) electrons. The molecule has 7 heteroatoms. The van der Waals surface area contributed by atoms with Gasteiger partial charge in [0.05, 0.1) is 4.92 Å². The maximum absolute atomic E-state index is 10.8. The van der Waals surface area contributed by atoms with Gasteiger partial charge in [0.25, 0.3) is 5.69 Å².